The van der Waals surface area contributed by atoms with E-state index in [1.807, 2.05) is 41.5 Å². The fourth-order valence-electron chi connectivity index (χ4n) is 5.71. The predicted octanol–water partition coefficient (Wildman–Crippen LogP) is 13.9. The van der Waals surface area contributed by atoms with Gasteiger partial charge in [0.15, 0.2) is 0 Å². The average molecular weight is 513 g/mol. The van der Waals surface area contributed by atoms with Crippen LogP contribution in [0.4, 0.5) is 0 Å². The molecule has 6 unspecified atom stereocenters. The van der Waals surface area contributed by atoms with Crippen molar-refractivity contribution in [2.45, 2.75) is 188 Å². The van der Waals surface area contributed by atoms with Crippen molar-refractivity contribution in [2.24, 2.45) is 46.8 Å². The van der Waals surface area contributed by atoms with Gasteiger partial charge < -0.3 is 0 Å². The minimum absolute atomic E-state index is 0.500. The fraction of sp³-hybridized carbons (Fsp3) is 1.00. The summed E-state index contributed by atoms with van der Waals surface area (Å²) < 4.78 is 0. The zero-order valence-electron chi connectivity index (χ0n) is 29.3. The van der Waals surface area contributed by atoms with Crippen LogP contribution in [0.3, 0.4) is 0 Å². The minimum Gasteiger partial charge on any atom is -0.0683 e. The highest BCUT2D eigenvalue weighted by molar-refractivity contribution is 4.82. The van der Waals surface area contributed by atoms with E-state index in [1.54, 1.807) is 0 Å². The maximum absolute atomic E-state index is 2.56. The molecule has 1 fully saturated rings. The van der Waals surface area contributed by atoms with Crippen LogP contribution in [0.1, 0.15) is 188 Å². The lowest BCUT2D eigenvalue weighted by Crippen LogP contribution is -2.29. The van der Waals surface area contributed by atoms with Crippen molar-refractivity contribution in [2.75, 3.05) is 0 Å². The predicted molar refractivity (Wildman–Crippen MR) is 174 cm³/mol. The van der Waals surface area contributed by atoms with Crippen LogP contribution in [0.25, 0.3) is 0 Å². The molecule has 0 saturated heterocycles. The van der Waals surface area contributed by atoms with Crippen molar-refractivity contribution in [3.63, 3.8) is 0 Å². The number of hydrogen-bond donors (Lipinski definition) is 0. The van der Waals surface area contributed by atoms with E-state index in [9.17, 15) is 0 Å². The van der Waals surface area contributed by atoms with Crippen molar-refractivity contribution in [3.8, 4) is 0 Å². The van der Waals surface area contributed by atoms with Crippen LogP contribution >= 0.6 is 0 Å². The molecule has 0 radical (unpaired) electrons. The van der Waals surface area contributed by atoms with Crippen LogP contribution in [0.2, 0.25) is 0 Å². The maximum atomic E-state index is 2.56. The SMILES string of the molecule is CC.CC.CC.CC(C)(C)C.CCCCCC(CCC)C(C)CCC(C)C1CCC(C(C)C)C(C)C1. The van der Waals surface area contributed by atoms with Gasteiger partial charge in [0.25, 0.3) is 0 Å². The summed E-state index contributed by atoms with van der Waals surface area (Å²) in [6, 6.07) is 0. The largest absolute Gasteiger partial charge is 0.0683 e. The Labute approximate surface area is 235 Å². The zero-order valence-corrected chi connectivity index (χ0v) is 29.3. The van der Waals surface area contributed by atoms with E-state index in [1.165, 1.54) is 70.6 Å². The van der Waals surface area contributed by atoms with Crippen molar-refractivity contribution in [1.82, 2.24) is 0 Å². The van der Waals surface area contributed by atoms with Crippen molar-refractivity contribution in [1.29, 1.82) is 0 Å². The highest BCUT2D eigenvalue weighted by Crippen LogP contribution is 2.42. The third-order valence-corrected chi connectivity index (χ3v) is 7.66. The van der Waals surface area contributed by atoms with E-state index >= 15 is 0 Å². The molecule has 36 heavy (non-hydrogen) atoms. The monoisotopic (exact) mass is 513 g/mol. The fourth-order valence-corrected chi connectivity index (χ4v) is 5.71. The molecule has 0 bridgehead atoms. The number of rotatable bonds is 12. The Kier molecular flexibility index (Phi) is 33.5. The molecule has 0 aliphatic heterocycles. The first kappa shape index (κ1) is 43.1. The van der Waals surface area contributed by atoms with Crippen molar-refractivity contribution < 1.29 is 0 Å². The lowest BCUT2D eigenvalue weighted by atomic mass is 9.66. The van der Waals surface area contributed by atoms with Gasteiger partial charge in [-0.05, 0) is 66.1 Å². The van der Waals surface area contributed by atoms with Gasteiger partial charge in [-0.25, -0.2) is 0 Å². The first-order chi connectivity index (χ1) is 16.9. The van der Waals surface area contributed by atoms with Gasteiger partial charge in [0.2, 0.25) is 0 Å². The number of hydrogen-bond acceptors (Lipinski definition) is 0. The molecule has 0 heteroatoms. The Bertz CT molecular complexity index is 381. The summed E-state index contributed by atoms with van der Waals surface area (Å²) in [6.07, 6.45) is 16.0. The second-order valence-corrected chi connectivity index (χ2v) is 13.0. The second kappa shape index (κ2) is 28.0. The molecule has 1 aliphatic carbocycles. The summed E-state index contributed by atoms with van der Waals surface area (Å²) >= 11 is 0. The molecule has 1 aliphatic rings. The summed E-state index contributed by atoms with van der Waals surface area (Å²) in [6.45, 7) is 37.9. The van der Waals surface area contributed by atoms with Gasteiger partial charge in [-0.1, -0.05) is 169 Å². The van der Waals surface area contributed by atoms with Gasteiger partial charge in [0.05, 0.1) is 0 Å². The molecule has 0 heterocycles. The summed E-state index contributed by atoms with van der Waals surface area (Å²) in [7, 11) is 0. The molecule has 0 nitrogen and oxygen atoms in total. The molecule has 6 atom stereocenters. The molecule has 0 N–H and O–H groups in total. The third-order valence-electron chi connectivity index (χ3n) is 7.66. The van der Waals surface area contributed by atoms with Gasteiger partial charge in [-0.15, -0.1) is 0 Å². The van der Waals surface area contributed by atoms with E-state index in [0.717, 1.165) is 41.4 Å². The lowest BCUT2D eigenvalue weighted by Gasteiger charge is -2.39. The molecule has 0 aromatic heterocycles. The smallest absolute Gasteiger partial charge is 0.0365 e. The van der Waals surface area contributed by atoms with Crippen molar-refractivity contribution in [3.05, 3.63) is 0 Å². The Hall–Kier alpha value is 0. The van der Waals surface area contributed by atoms with E-state index in [4.69, 9.17) is 0 Å². The Balaban J connectivity index is -0.000000398. The van der Waals surface area contributed by atoms with E-state index in [2.05, 4.69) is 76.2 Å². The van der Waals surface area contributed by atoms with Crippen LogP contribution in [-0.2, 0) is 0 Å². The van der Waals surface area contributed by atoms with Crippen LogP contribution in [-0.4, -0.2) is 0 Å². The van der Waals surface area contributed by atoms with Crippen LogP contribution in [0.5, 0.6) is 0 Å². The molecular formula is C36H80. The molecule has 224 valence electrons. The Morgan fingerprint density at radius 2 is 1.17 bits per heavy atom. The topological polar surface area (TPSA) is 0 Å². The summed E-state index contributed by atoms with van der Waals surface area (Å²) in [4.78, 5) is 0. The van der Waals surface area contributed by atoms with Crippen LogP contribution in [0.15, 0.2) is 0 Å². The molecule has 1 rings (SSSR count). The standard InChI is InChI=1S/C25H50.C5H12.3C2H6/c1-8-10-11-13-23(12-9-2)20(5)14-15-21(6)24-16-17-25(19(3)4)22(7)18-24;1-5(2,3)4;3*1-2/h19-25H,8-18H2,1-7H3;1-4H3;3*1-2H3. The van der Waals surface area contributed by atoms with E-state index in [-0.39, 0.29) is 0 Å². The first-order valence-corrected chi connectivity index (χ1v) is 16.9. The van der Waals surface area contributed by atoms with E-state index < -0.39 is 0 Å². The zero-order chi connectivity index (χ0) is 29.3. The molecule has 0 aromatic rings. The summed E-state index contributed by atoms with van der Waals surface area (Å²) in [5, 5.41) is 0. The molecule has 1 saturated carbocycles. The second-order valence-electron chi connectivity index (χ2n) is 13.0. The van der Waals surface area contributed by atoms with Crippen molar-refractivity contribution >= 4 is 0 Å². The third kappa shape index (κ3) is 25.6. The minimum atomic E-state index is 0.500. The highest BCUT2D eigenvalue weighted by Gasteiger charge is 2.32. The van der Waals surface area contributed by atoms with Crippen LogP contribution in [0, 0.1) is 46.8 Å². The Morgan fingerprint density at radius 1 is 0.667 bits per heavy atom. The maximum Gasteiger partial charge on any atom is -0.0365 e. The summed E-state index contributed by atoms with van der Waals surface area (Å²) in [5.74, 6) is 6.67. The van der Waals surface area contributed by atoms with Gasteiger partial charge >= 0.3 is 0 Å². The van der Waals surface area contributed by atoms with E-state index in [0.29, 0.717) is 5.41 Å². The Morgan fingerprint density at radius 3 is 1.56 bits per heavy atom. The van der Waals surface area contributed by atoms with Crippen LogP contribution < -0.4 is 0 Å². The highest BCUT2D eigenvalue weighted by atomic mass is 14.4. The normalized spacial score (nSPS) is 21.7. The average Bonchev–Trinajstić information content (AvgIpc) is 2.84. The van der Waals surface area contributed by atoms with Gasteiger partial charge in [-0.3, -0.25) is 0 Å². The van der Waals surface area contributed by atoms with Gasteiger partial charge in [0.1, 0.15) is 0 Å². The number of unbranched alkanes of at least 4 members (excludes halogenated alkanes) is 2. The molecule has 0 aromatic carbocycles. The van der Waals surface area contributed by atoms with Gasteiger partial charge in [-0.2, -0.15) is 0 Å². The van der Waals surface area contributed by atoms with Gasteiger partial charge in [0, 0.05) is 0 Å². The summed E-state index contributed by atoms with van der Waals surface area (Å²) in [5.41, 5.74) is 0.500. The molecular weight excluding hydrogens is 432 g/mol. The first-order valence-electron chi connectivity index (χ1n) is 16.9. The quantitative estimate of drug-likeness (QED) is 0.228. The molecule has 0 spiro atoms. The lowest BCUT2D eigenvalue weighted by molar-refractivity contribution is 0.113. The molecule has 0 amide bonds.